The zero-order valence-corrected chi connectivity index (χ0v) is 9.07. The van der Waals surface area contributed by atoms with E-state index in [1.54, 1.807) is 0 Å². The lowest BCUT2D eigenvalue weighted by atomic mass is 10.2. The SMILES string of the molecule is CC1=CC(C)=NC(C)N1C=NCCN. The van der Waals surface area contributed by atoms with Crippen LogP contribution < -0.4 is 5.73 Å². The molecule has 2 N–H and O–H groups in total. The van der Waals surface area contributed by atoms with Gasteiger partial charge in [0.05, 0.1) is 12.9 Å². The molecule has 0 bridgehead atoms. The van der Waals surface area contributed by atoms with Crippen molar-refractivity contribution in [2.45, 2.75) is 26.9 Å². The summed E-state index contributed by atoms with van der Waals surface area (Å²) in [6.07, 6.45) is 4.01. The molecule has 0 saturated carbocycles. The summed E-state index contributed by atoms with van der Waals surface area (Å²) in [5.41, 5.74) is 7.60. The molecule has 4 heteroatoms. The highest BCUT2D eigenvalue weighted by molar-refractivity contribution is 5.94. The van der Waals surface area contributed by atoms with Crippen molar-refractivity contribution in [3.05, 3.63) is 11.8 Å². The van der Waals surface area contributed by atoms with Gasteiger partial charge in [-0.15, -0.1) is 0 Å². The number of hydrogen-bond acceptors (Lipinski definition) is 3. The molecular formula is C10H18N4. The summed E-state index contributed by atoms with van der Waals surface area (Å²) in [6.45, 7) is 7.37. The van der Waals surface area contributed by atoms with Crippen LogP contribution in [-0.2, 0) is 0 Å². The second-order valence-corrected chi connectivity index (χ2v) is 3.41. The molecule has 1 rings (SSSR count). The van der Waals surface area contributed by atoms with Crippen molar-refractivity contribution < 1.29 is 0 Å². The molecule has 1 unspecified atom stereocenters. The molecule has 0 fully saturated rings. The fourth-order valence-corrected chi connectivity index (χ4v) is 1.47. The first-order valence-corrected chi connectivity index (χ1v) is 4.86. The van der Waals surface area contributed by atoms with E-state index in [4.69, 9.17) is 5.73 Å². The zero-order valence-electron chi connectivity index (χ0n) is 9.07. The molecule has 0 aromatic heterocycles. The molecule has 1 aliphatic rings. The molecule has 0 amide bonds. The summed E-state index contributed by atoms with van der Waals surface area (Å²) >= 11 is 0. The van der Waals surface area contributed by atoms with Crippen molar-refractivity contribution in [3.63, 3.8) is 0 Å². The first kappa shape index (κ1) is 10.9. The number of aliphatic imine (C=N–C) groups is 2. The van der Waals surface area contributed by atoms with Gasteiger partial charge in [-0.3, -0.25) is 9.98 Å². The van der Waals surface area contributed by atoms with Crippen LogP contribution in [0.3, 0.4) is 0 Å². The van der Waals surface area contributed by atoms with E-state index in [0.29, 0.717) is 13.1 Å². The Morgan fingerprint density at radius 1 is 1.64 bits per heavy atom. The van der Waals surface area contributed by atoms with E-state index in [2.05, 4.69) is 29.9 Å². The van der Waals surface area contributed by atoms with Gasteiger partial charge >= 0.3 is 0 Å². The molecule has 0 aliphatic carbocycles. The number of nitrogens with zero attached hydrogens (tertiary/aromatic N) is 3. The molecule has 0 radical (unpaired) electrons. The lowest BCUT2D eigenvalue weighted by Gasteiger charge is -2.28. The minimum absolute atomic E-state index is 0.140. The lowest BCUT2D eigenvalue weighted by Crippen LogP contribution is -2.32. The molecule has 1 atom stereocenters. The molecule has 4 nitrogen and oxygen atoms in total. The third-order valence-corrected chi connectivity index (χ3v) is 2.08. The van der Waals surface area contributed by atoms with Crippen molar-refractivity contribution in [1.82, 2.24) is 4.90 Å². The highest BCUT2D eigenvalue weighted by Crippen LogP contribution is 2.13. The van der Waals surface area contributed by atoms with Gasteiger partial charge in [-0.25, -0.2) is 0 Å². The van der Waals surface area contributed by atoms with Crippen LogP contribution in [0.25, 0.3) is 0 Å². The van der Waals surface area contributed by atoms with Gasteiger partial charge in [-0.05, 0) is 26.8 Å². The highest BCUT2D eigenvalue weighted by atomic mass is 15.3. The fourth-order valence-electron chi connectivity index (χ4n) is 1.47. The minimum Gasteiger partial charge on any atom is -0.329 e. The van der Waals surface area contributed by atoms with Crippen LogP contribution >= 0.6 is 0 Å². The number of hydrogen-bond donors (Lipinski definition) is 1. The molecule has 78 valence electrons. The summed E-state index contributed by atoms with van der Waals surface area (Å²) in [5.74, 6) is 0. The summed E-state index contributed by atoms with van der Waals surface area (Å²) in [6, 6.07) is 0. The van der Waals surface area contributed by atoms with Gasteiger partial charge in [-0.2, -0.15) is 0 Å². The quantitative estimate of drug-likeness (QED) is 0.538. The average molecular weight is 194 g/mol. The largest absolute Gasteiger partial charge is 0.329 e. The number of nitrogens with two attached hydrogens (primary N) is 1. The maximum atomic E-state index is 5.36. The summed E-state index contributed by atoms with van der Waals surface area (Å²) in [7, 11) is 0. The Morgan fingerprint density at radius 3 is 2.93 bits per heavy atom. The normalized spacial score (nSPS) is 22.6. The van der Waals surface area contributed by atoms with E-state index in [0.717, 1.165) is 5.71 Å². The van der Waals surface area contributed by atoms with Crippen LogP contribution in [0.15, 0.2) is 21.8 Å². The third kappa shape index (κ3) is 2.67. The maximum Gasteiger partial charge on any atom is 0.123 e. The van der Waals surface area contributed by atoms with Crippen LogP contribution in [0, 0.1) is 0 Å². The summed E-state index contributed by atoms with van der Waals surface area (Å²) < 4.78 is 0. The molecule has 0 aromatic carbocycles. The lowest BCUT2D eigenvalue weighted by molar-refractivity contribution is 0.416. The van der Waals surface area contributed by atoms with E-state index in [1.807, 2.05) is 18.2 Å². The van der Waals surface area contributed by atoms with Crippen molar-refractivity contribution >= 4 is 12.1 Å². The Labute approximate surface area is 85.2 Å². The summed E-state index contributed by atoms with van der Waals surface area (Å²) in [5, 5.41) is 0. The van der Waals surface area contributed by atoms with Crippen LogP contribution in [0.5, 0.6) is 0 Å². The Kier molecular flexibility index (Phi) is 3.83. The van der Waals surface area contributed by atoms with Gasteiger partial charge in [0.15, 0.2) is 0 Å². The maximum absolute atomic E-state index is 5.36. The van der Waals surface area contributed by atoms with Crippen molar-refractivity contribution in [3.8, 4) is 0 Å². The van der Waals surface area contributed by atoms with E-state index in [1.165, 1.54) is 5.70 Å². The van der Waals surface area contributed by atoms with E-state index >= 15 is 0 Å². The zero-order chi connectivity index (χ0) is 10.6. The standard InChI is InChI=1S/C10H18N4/c1-8-6-9(2)14(10(3)13-8)7-12-5-4-11/h6-7,10H,4-5,11H2,1-3H3. The fraction of sp³-hybridized carbons (Fsp3) is 0.600. The van der Waals surface area contributed by atoms with Gasteiger partial charge in [-0.1, -0.05) is 0 Å². The van der Waals surface area contributed by atoms with Crippen LogP contribution in [0.1, 0.15) is 20.8 Å². The highest BCUT2D eigenvalue weighted by Gasteiger charge is 2.14. The second-order valence-electron chi connectivity index (χ2n) is 3.41. The van der Waals surface area contributed by atoms with E-state index < -0.39 is 0 Å². The van der Waals surface area contributed by atoms with E-state index in [9.17, 15) is 0 Å². The summed E-state index contributed by atoms with van der Waals surface area (Å²) in [4.78, 5) is 10.7. The topological polar surface area (TPSA) is 54.0 Å². The van der Waals surface area contributed by atoms with Gasteiger partial charge in [0.25, 0.3) is 0 Å². The average Bonchev–Trinajstić information content (AvgIpc) is 2.09. The first-order valence-electron chi connectivity index (χ1n) is 4.86. The van der Waals surface area contributed by atoms with Crippen LogP contribution in [0.4, 0.5) is 0 Å². The van der Waals surface area contributed by atoms with Crippen LogP contribution in [-0.4, -0.2) is 36.2 Å². The molecule has 0 saturated heterocycles. The molecule has 1 aliphatic heterocycles. The van der Waals surface area contributed by atoms with Gasteiger partial charge in [0.1, 0.15) is 6.17 Å². The number of rotatable bonds is 3. The third-order valence-electron chi connectivity index (χ3n) is 2.08. The molecular weight excluding hydrogens is 176 g/mol. The molecule has 14 heavy (non-hydrogen) atoms. The molecule has 0 spiro atoms. The van der Waals surface area contributed by atoms with Gasteiger partial charge < -0.3 is 10.6 Å². The number of allylic oxidation sites excluding steroid dienone is 2. The predicted molar refractivity (Wildman–Crippen MR) is 60.6 cm³/mol. The van der Waals surface area contributed by atoms with Gasteiger partial charge in [0.2, 0.25) is 0 Å². The Hall–Kier alpha value is -1.16. The van der Waals surface area contributed by atoms with Gasteiger partial charge in [0, 0.05) is 18.0 Å². The monoisotopic (exact) mass is 194 g/mol. The molecule has 0 aromatic rings. The smallest absolute Gasteiger partial charge is 0.123 e. The Bertz CT molecular complexity index is 278. The molecule has 1 heterocycles. The second kappa shape index (κ2) is 4.91. The van der Waals surface area contributed by atoms with Crippen molar-refractivity contribution in [2.75, 3.05) is 13.1 Å². The minimum atomic E-state index is 0.140. The Balaban J connectivity index is 2.67. The van der Waals surface area contributed by atoms with Crippen molar-refractivity contribution in [1.29, 1.82) is 0 Å². The van der Waals surface area contributed by atoms with Crippen molar-refractivity contribution in [2.24, 2.45) is 15.7 Å². The van der Waals surface area contributed by atoms with E-state index in [-0.39, 0.29) is 6.17 Å². The Morgan fingerprint density at radius 2 is 2.36 bits per heavy atom. The van der Waals surface area contributed by atoms with Crippen LogP contribution in [0.2, 0.25) is 0 Å². The predicted octanol–water partition coefficient (Wildman–Crippen LogP) is 1.000. The first-order chi connectivity index (χ1) is 6.65.